The quantitative estimate of drug-likeness (QED) is 0.597. The van der Waals surface area contributed by atoms with Crippen LogP contribution in [-0.4, -0.2) is 23.0 Å². The lowest BCUT2D eigenvalue weighted by molar-refractivity contribution is 0.0603. The zero-order valence-electron chi connectivity index (χ0n) is 8.30. The number of carbonyl (C=O) groups excluding carboxylic acids is 1. The minimum Gasteiger partial charge on any atom is -0.465 e. The van der Waals surface area contributed by atoms with E-state index in [-0.39, 0.29) is 5.97 Å². The summed E-state index contributed by atoms with van der Waals surface area (Å²) in [4.78, 5) is 18.5. The van der Waals surface area contributed by atoms with Crippen molar-refractivity contribution in [2.24, 2.45) is 0 Å². The van der Waals surface area contributed by atoms with Crippen LogP contribution in [0.1, 0.15) is 16.1 Å². The number of fused-ring (bicyclic) bond motifs is 1. The number of hydrogen-bond donors (Lipinski definition) is 1. The van der Waals surface area contributed by atoms with Crippen LogP contribution in [0.4, 0.5) is 0 Å². The van der Waals surface area contributed by atoms with Crippen molar-refractivity contribution in [2.75, 3.05) is 7.11 Å². The maximum Gasteiger partial charge on any atom is 0.340 e. The topological polar surface area (TPSA) is 55.0 Å². The number of pyridine rings is 1. The first-order valence-electron chi connectivity index (χ1n) is 4.36. The average molecular weight is 225 g/mol. The van der Waals surface area contributed by atoms with Crippen LogP contribution in [0.5, 0.6) is 0 Å². The van der Waals surface area contributed by atoms with Crippen LogP contribution >= 0.6 is 11.6 Å². The number of halogens is 1. The van der Waals surface area contributed by atoms with E-state index in [9.17, 15) is 4.79 Å². The van der Waals surface area contributed by atoms with Crippen LogP contribution in [0.3, 0.4) is 0 Å². The summed E-state index contributed by atoms with van der Waals surface area (Å²) >= 11 is 5.82. The summed E-state index contributed by atoms with van der Waals surface area (Å²) in [6.45, 7) is 1.83. The number of aromatic nitrogens is 2. The third-order valence-corrected chi connectivity index (χ3v) is 2.42. The predicted octanol–water partition coefficient (Wildman–Crippen LogP) is 2.31. The molecule has 0 aliphatic rings. The monoisotopic (exact) mass is 224 g/mol. The van der Waals surface area contributed by atoms with E-state index in [0.29, 0.717) is 10.7 Å². The first-order chi connectivity index (χ1) is 7.13. The minimum atomic E-state index is -0.386. The van der Waals surface area contributed by atoms with Crippen LogP contribution < -0.4 is 0 Å². The third-order valence-electron chi connectivity index (χ3n) is 2.23. The lowest BCUT2D eigenvalue weighted by Gasteiger charge is -1.99. The SMILES string of the molecule is COC(=O)c1c[nH]c2c(C)nc(Cl)cc12. The fourth-order valence-corrected chi connectivity index (χ4v) is 1.77. The van der Waals surface area contributed by atoms with E-state index in [1.807, 2.05) is 6.92 Å². The largest absolute Gasteiger partial charge is 0.465 e. The molecule has 0 aliphatic heterocycles. The second-order valence-electron chi connectivity index (χ2n) is 3.15. The van der Waals surface area contributed by atoms with E-state index in [0.717, 1.165) is 16.6 Å². The molecule has 0 saturated heterocycles. The molecule has 15 heavy (non-hydrogen) atoms. The molecule has 0 unspecified atom stereocenters. The molecule has 0 aliphatic carbocycles. The molecule has 0 fully saturated rings. The van der Waals surface area contributed by atoms with Gasteiger partial charge >= 0.3 is 5.97 Å². The first kappa shape index (κ1) is 9.98. The van der Waals surface area contributed by atoms with Crippen molar-refractivity contribution in [3.8, 4) is 0 Å². The van der Waals surface area contributed by atoms with E-state index < -0.39 is 0 Å². The maximum absolute atomic E-state index is 11.4. The Balaban J connectivity index is 2.74. The number of nitrogens with one attached hydrogen (secondary N) is 1. The van der Waals surface area contributed by atoms with Gasteiger partial charge in [0, 0.05) is 11.6 Å². The van der Waals surface area contributed by atoms with Crippen molar-refractivity contribution in [3.63, 3.8) is 0 Å². The Bertz CT molecular complexity index is 533. The molecule has 2 rings (SSSR count). The molecule has 0 atom stereocenters. The van der Waals surface area contributed by atoms with Gasteiger partial charge in [-0.1, -0.05) is 11.6 Å². The smallest absolute Gasteiger partial charge is 0.340 e. The van der Waals surface area contributed by atoms with Crippen LogP contribution in [0, 0.1) is 6.92 Å². The Morgan fingerprint density at radius 2 is 2.33 bits per heavy atom. The number of aromatic amines is 1. The summed E-state index contributed by atoms with van der Waals surface area (Å²) in [5.41, 5.74) is 2.03. The van der Waals surface area contributed by atoms with Crippen molar-refractivity contribution >= 4 is 28.5 Å². The lowest BCUT2D eigenvalue weighted by Crippen LogP contribution is -1.99. The van der Waals surface area contributed by atoms with Crippen molar-refractivity contribution in [1.82, 2.24) is 9.97 Å². The van der Waals surface area contributed by atoms with E-state index in [1.54, 1.807) is 12.3 Å². The number of ether oxygens (including phenoxy) is 1. The number of hydrogen-bond acceptors (Lipinski definition) is 3. The van der Waals surface area contributed by atoms with Gasteiger partial charge in [-0.05, 0) is 13.0 Å². The number of esters is 1. The molecule has 0 amide bonds. The van der Waals surface area contributed by atoms with Gasteiger partial charge < -0.3 is 9.72 Å². The molecule has 0 saturated carbocycles. The Hall–Kier alpha value is -1.55. The van der Waals surface area contributed by atoms with E-state index in [1.165, 1.54) is 7.11 Å². The first-order valence-corrected chi connectivity index (χ1v) is 4.74. The van der Waals surface area contributed by atoms with Crippen LogP contribution in [0.2, 0.25) is 5.15 Å². The van der Waals surface area contributed by atoms with Gasteiger partial charge in [-0.15, -0.1) is 0 Å². The molecule has 2 heterocycles. The molecule has 78 valence electrons. The van der Waals surface area contributed by atoms with Crippen LogP contribution in [-0.2, 0) is 4.74 Å². The molecule has 2 aromatic heterocycles. The number of rotatable bonds is 1. The maximum atomic E-state index is 11.4. The molecule has 1 N–H and O–H groups in total. The second kappa shape index (κ2) is 3.55. The van der Waals surface area contributed by atoms with Crippen LogP contribution in [0.25, 0.3) is 10.9 Å². The van der Waals surface area contributed by atoms with Gasteiger partial charge in [-0.2, -0.15) is 0 Å². The zero-order chi connectivity index (χ0) is 11.0. The van der Waals surface area contributed by atoms with Crippen molar-refractivity contribution in [1.29, 1.82) is 0 Å². The molecule has 4 nitrogen and oxygen atoms in total. The van der Waals surface area contributed by atoms with E-state index in [4.69, 9.17) is 11.6 Å². The van der Waals surface area contributed by atoms with E-state index >= 15 is 0 Å². The summed E-state index contributed by atoms with van der Waals surface area (Å²) in [6, 6.07) is 1.65. The Labute approximate surface area is 91.2 Å². The van der Waals surface area contributed by atoms with Crippen molar-refractivity contribution in [2.45, 2.75) is 6.92 Å². The third kappa shape index (κ3) is 1.57. The normalized spacial score (nSPS) is 10.6. The highest BCUT2D eigenvalue weighted by atomic mass is 35.5. The Morgan fingerprint density at radius 1 is 1.60 bits per heavy atom. The molecule has 0 aromatic carbocycles. The zero-order valence-corrected chi connectivity index (χ0v) is 9.05. The number of H-pyrrole nitrogens is 1. The Morgan fingerprint density at radius 3 is 3.00 bits per heavy atom. The summed E-state index contributed by atoms with van der Waals surface area (Å²) in [5.74, 6) is -0.386. The fraction of sp³-hybridized carbons (Fsp3) is 0.200. The van der Waals surface area contributed by atoms with Gasteiger partial charge in [0.15, 0.2) is 0 Å². The lowest BCUT2D eigenvalue weighted by atomic mass is 10.2. The molecule has 0 radical (unpaired) electrons. The number of carbonyl (C=O) groups is 1. The average Bonchev–Trinajstić information content (AvgIpc) is 2.60. The molecular formula is C10H9ClN2O2. The van der Waals surface area contributed by atoms with Gasteiger partial charge in [-0.3, -0.25) is 0 Å². The predicted molar refractivity (Wildman–Crippen MR) is 57.2 cm³/mol. The number of nitrogens with zero attached hydrogens (tertiary/aromatic N) is 1. The standard InChI is InChI=1S/C10H9ClN2O2/c1-5-9-6(3-8(11)13-5)7(4-12-9)10(14)15-2/h3-4,12H,1-2H3. The van der Waals surface area contributed by atoms with Gasteiger partial charge in [0.25, 0.3) is 0 Å². The molecule has 0 spiro atoms. The second-order valence-corrected chi connectivity index (χ2v) is 3.53. The summed E-state index contributed by atoms with van der Waals surface area (Å²) in [5, 5.41) is 1.10. The number of aryl methyl sites for hydroxylation is 1. The van der Waals surface area contributed by atoms with Gasteiger partial charge in [-0.25, -0.2) is 9.78 Å². The number of methoxy groups -OCH3 is 1. The molecular weight excluding hydrogens is 216 g/mol. The van der Waals surface area contributed by atoms with Gasteiger partial charge in [0.05, 0.1) is 23.9 Å². The summed E-state index contributed by atoms with van der Waals surface area (Å²) in [7, 11) is 1.34. The van der Waals surface area contributed by atoms with Gasteiger partial charge in [0.2, 0.25) is 0 Å². The van der Waals surface area contributed by atoms with Crippen LogP contribution in [0.15, 0.2) is 12.3 Å². The highest BCUT2D eigenvalue weighted by molar-refractivity contribution is 6.30. The molecule has 2 aromatic rings. The van der Waals surface area contributed by atoms with Crippen molar-refractivity contribution in [3.05, 3.63) is 28.7 Å². The van der Waals surface area contributed by atoms with Crippen molar-refractivity contribution < 1.29 is 9.53 Å². The molecule has 0 bridgehead atoms. The highest BCUT2D eigenvalue weighted by Gasteiger charge is 2.14. The Kier molecular flexibility index (Phi) is 2.36. The summed E-state index contributed by atoms with van der Waals surface area (Å²) in [6.07, 6.45) is 1.60. The summed E-state index contributed by atoms with van der Waals surface area (Å²) < 4.78 is 4.66. The van der Waals surface area contributed by atoms with E-state index in [2.05, 4.69) is 14.7 Å². The highest BCUT2D eigenvalue weighted by Crippen LogP contribution is 2.23. The molecule has 5 heteroatoms. The fourth-order valence-electron chi connectivity index (χ4n) is 1.53. The van der Waals surface area contributed by atoms with Gasteiger partial charge in [0.1, 0.15) is 5.15 Å². The minimum absolute atomic E-state index is 0.366.